The van der Waals surface area contributed by atoms with Crippen LogP contribution >= 0.6 is 0 Å². The molecule has 6 nitrogen and oxygen atoms in total. The first-order chi connectivity index (χ1) is 7.57. The minimum absolute atomic E-state index is 0.257. The van der Waals surface area contributed by atoms with Gasteiger partial charge in [0.1, 0.15) is 0 Å². The van der Waals surface area contributed by atoms with E-state index in [0.717, 1.165) is 17.5 Å². The van der Waals surface area contributed by atoms with Gasteiger partial charge in [0.15, 0.2) is 0 Å². The quantitative estimate of drug-likeness (QED) is 0.682. The zero-order valence-corrected chi connectivity index (χ0v) is 9.65. The summed E-state index contributed by atoms with van der Waals surface area (Å²) in [4.78, 5) is 26.6. The standard InChI is InChI=1S/C10H14N4O2/c1-4-5-14-6-11-8-7(14)9(15)13(3)10(16)12(8)2/h6H,4-5H2,1-3H3/p+1. The van der Waals surface area contributed by atoms with Gasteiger partial charge in [0.2, 0.25) is 6.33 Å². The van der Waals surface area contributed by atoms with Gasteiger partial charge >= 0.3 is 11.2 Å². The minimum Gasteiger partial charge on any atom is -0.264 e. The molecule has 86 valence electrons. The van der Waals surface area contributed by atoms with E-state index in [2.05, 4.69) is 4.98 Å². The lowest BCUT2D eigenvalue weighted by atomic mass is 10.4. The molecule has 0 aliphatic carbocycles. The third-order valence-corrected chi connectivity index (χ3v) is 2.75. The molecule has 16 heavy (non-hydrogen) atoms. The zero-order chi connectivity index (χ0) is 11.9. The first-order valence-corrected chi connectivity index (χ1v) is 5.24. The highest BCUT2D eigenvalue weighted by Crippen LogP contribution is 1.97. The van der Waals surface area contributed by atoms with Crippen LogP contribution in [0.4, 0.5) is 0 Å². The predicted molar refractivity (Wildman–Crippen MR) is 59.3 cm³/mol. The van der Waals surface area contributed by atoms with E-state index in [1.807, 2.05) is 11.5 Å². The van der Waals surface area contributed by atoms with Gasteiger partial charge in [0.05, 0.1) is 6.54 Å². The summed E-state index contributed by atoms with van der Waals surface area (Å²) in [6.07, 6.45) is 2.67. The first-order valence-electron chi connectivity index (χ1n) is 5.24. The Kier molecular flexibility index (Phi) is 2.41. The number of nitrogens with one attached hydrogen (secondary N) is 1. The summed E-state index contributed by atoms with van der Waals surface area (Å²) in [6, 6.07) is 0. The van der Waals surface area contributed by atoms with Gasteiger partial charge in [-0.3, -0.25) is 13.9 Å². The molecule has 0 aromatic carbocycles. The van der Waals surface area contributed by atoms with Crippen LogP contribution in [0.5, 0.6) is 0 Å². The van der Waals surface area contributed by atoms with Crippen LogP contribution in [-0.4, -0.2) is 14.1 Å². The van der Waals surface area contributed by atoms with Crippen molar-refractivity contribution in [1.29, 1.82) is 0 Å². The van der Waals surface area contributed by atoms with Crippen molar-refractivity contribution < 1.29 is 4.57 Å². The summed E-state index contributed by atoms with van der Waals surface area (Å²) in [5, 5.41) is 0. The van der Waals surface area contributed by atoms with E-state index in [1.54, 1.807) is 13.4 Å². The summed E-state index contributed by atoms with van der Waals surface area (Å²) < 4.78 is 4.42. The molecule has 0 spiro atoms. The van der Waals surface area contributed by atoms with E-state index >= 15 is 0 Å². The molecule has 2 aromatic heterocycles. The van der Waals surface area contributed by atoms with E-state index in [0.29, 0.717) is 11.2 Å². The Labute approximate surface area is 91.8 Å². The van der Waals surface area contributed by atoms with Gasteiger partial charge in [0.25, 0.3) is 11.2 Å². The van der Waals surface area contributed by atoms with Crippen LogP contribution in [0.1, 0.15) is 13.3 Å². The highest BCUT2D eigenvalue weighted by Gasteiger charge is 2.18. The van der Waals surface area contributed by atoms with Crippen LogP contribution in [0.3, 0.4) is 0 Å². The molecule has 6 heteroatoms. The molecule has 0 saturated heterocycles. The zero-order valence-electron chi connectivity index (χ0n) is 9.65. The summed E-state index contributed by atoms with van der Waals surface area (Å²) in [5.41, 5.74) is 0.545. The largest absolute Gasteiger partial charge is 0.333 e. The monoisotopic (exact) mass is 223 g/mol. The van der Waals surface area contributed by atoms with Crippen molar-refractivity contribution in [2.75, 3.05) is 0 Å². The van der Waals surface area contributed by atoms with Crippen molar-refractivity contribution in [2.45, 2.75) is 19.9 Å². The van der Waals surface area contributed by atoms with E-state index < -0.39 is 0 Å². The topological polar surface area (TPSA) is 63.7 Å². The summed E-state index contributed by atoms with van der Waals surface area (Å²) in [5.74, 6) is 0. The maximum atomic E-state index is 12.0. The van der Waals surface area contributed by atoms with E-state index in [1.165, 1.54) is 11.6 Å². The number of hydrogen-bond acceptors (Lipinski definition) is 2. The van der Waals surface area contributed by atoms with Crippen molar-refractivity contribution in [3.05, 3.63) is 27.2 Å². The van der Waals surface area contributed by atoms with Crippen LogP contribution in [0, 0.1) is 0 Å². The van der Waals surface area contributed by atoms with Gasteiger partial charge in [-0.25, -0.2) is 14.3 Å². The van der Waals surface area contributed by atoms with Gasteiger partial charge in [0, 0.05) is 14.1 Å². The van der Waals surface area contributed by atoms with Crippen molar-refractivity contribution in [3.8, 4) is 0 Å². The molecule has 0 saturated carbocycles. The SMILES string of the molecule is CCC[n+]1c[nH]c2c1c(=O)n(C)c(=O)n2C. The van der Waals surface area contributed by atoms with E-state index in [4.69, 9.17) is 0 Å². The van der Waals surface area contributed by atoms with Gasteiger partial charge in [-0.15, -0.1) is 0 Å². The number of rotatable bonds is 2. The third-order valence-electron chi connectivity index (χ3n) is 2.75. The van der Waals surface area contributed by atoms with Crippen molar-refractivity contribution in [3.63, 3.8) is 0 Å². The fraction of sp³-hybridized carbons (Fsp3) is 0.500. The number of aromatic nitrogens is 4. The van der Waals surface area contributed by atoms with Crippen LogP contribution in [0.25, 0.3) is 11.2 Å². The average molecular weight is 223 g/mol. The summed E-state index contributed by atoms with van der Waals surface area (Å²) in [7, 11) is 3.14. The summed E-state index contributed by atoms with van der Waals surface area (Å²) in [6.45, 7) is 2.80. The Bertz CT molecular complexity index is 647. The van der Waals surface area contributed by atoms with E-state index in [9.17, 15) is 9.59 Å². The number of hydrogen-bond donors (Lipinski definition) is 1. The number of aromatic amines is 1. The van der Waals surface area contributed by atoms with Gasteiger partial charge in [-0.1, -0.05) is 6.92 Å². The molecule has 2 heterocycles. The molecule has 2 rings (SSSR count). The third kappa shape index (κ3) is 1.30. The number of imidazole rings is 1. The van der Waals surface area contributed by atoms with Gasteiger partial charge in [-0.2, -0.15) is 0 Å². The Morgan fingerprint density at radius 2 is 2.00 bits per heavy atom. The molecular formula is C10H15N4O2+. The van der Waals surface area contributed by atoms with Crippen molar-refractivity contribution in [2.24, 2.45) is 14.1 Å². The van der Waals surface area contributed by atoms with Crippen molar-refractivity contribution in [1.82, 2.24) is 14.1 Å². The van der Waals surface area contributed by atoms with Crippen molar-refractivity contribution >= 4 is 11.2 Å². The fourth-order valence-corrected chi connectivity index (χ4v) is 1.87. The Hall–Kier alpha value is -1.85. The second-order valence-electron chi connectivity index (χ2n) is 3.87. The fourth-order valence-electron chi connectivity index (χ4n) is 1.87. The lowest BCUT2D eigenvalue weighted by Gasteiger charge is -2.00. The molecular weight excluding hydrogens is 208 g/mol. The molecule has 0 aliphatic heterocycles. The molecule has 0 fully saturated rings. The molecule has 0 unspecified atom stereocenters. The lowest BCUT2D eigenvalue weighted by molar-refractivity contribution is -0.671. The molecule has 0 amide bonds. The van der Waals surface area contributed by atoms with Crippen LogP contribution < -0.4 is 15.8 Å². The van der Waals surface area contributed by atoms with Gasteiger partial charge in [-0.05, 0) is 6.42 Å². The number of aryl methyl sites for hydroxylation is 2. The molecule has 0 bridgehead atoms. The minimum atomic E-state index is -0.317. The lowest BCUT2D eigenvalue weighted by Crippen LogP contribution is -2.43. The number of H-pyrrole nitrogens is 1. The van der Waals surface area contributed by atoms with Crippen LogP contribution in [0.15, 0.2) is 15.9 Å². The summed E-state index contributed by atoms with van der Waals surface area (Å²) >= 11 is 0. The Morgan fingerprint density at radius 3 is 2.62 bits per heavy atom. The van der Waals surface area contributed by atoms with Crippen LogP contribution in [-0.2, 0) is 20.6 Å². The molecule has 1 N–H and O–H groups in total. The first kappa shape index (κ1) is 10.7. The second-order valence-corrected chi connectivity index (χ2v) is 3.87. The highest BCUT2D eigenvalue weighted by atomic mass is 16.2. The Balaban J connectivity index is 2.95. The normalized spacial score (nSPS) is 11.2. The second kappa shape index (κ2) is 3.62. The highest BCUT2D eigenvalue weighted by molar-refractivity contribution is 5.64. The smallest absolute Gasteiger partial charge is 0.264 e. The molecule has 2 aromatic rings. The van der Waals surface area contributed by atoms with Gasteiger partial charge < -0.3 is 0 Å². The molecule has 0 atom stereocenters. The average Bonchev–Trinajstić information content (AvgIpc) is 2.68. The Morgan fingerprint density at radius 1 is 1.31 bits per heavy atom. The molecule has 0 aliphatic rings. The van der Waals surface area contributed by atoms with E-state index in [-0.39, 0.29) is 11.2 Å². The number of fused-ring (bicyclic) bond motifs is 1. The number of nitrogens with zero attached hydrogens (tertiary/aromatic N) is 3. The van der Waals surface area contributed by atoms with Crippen LogP contribution in [0.2, 0.25) is 0 Å². The maximum absolute atomic E-state index is 12.0. The predicted octanol–water partition coefficient (Wildman–Crippen LogP) is -0.737. The molecule has 0 radical (unpaired) electrons. The maximum Gasteiger partial charge on any atom is 0.333 e.